The molecule has 4 rings (SSSR count). The Morgan fingerprint density at radius 3 is 2.83 bits per heavy atom. The van der Waals surface area contributed by atoms with E-state index in [9.17, 15) is 4.79 Å². The first-order valence-corrected chi connectivity index (χ1v) is 7.58. The quantitative estimate of drug-likeness (QED) is 0.751. The number of benzene rings is 1. The summed E-state index contributed by atoms with van der Waals surface area (Å²) >= 11 is 0. The molecule has 0 aliphatic carbocycles. The van der Waals surface area contributed by atoms with Crippen LogP contribution in [0.2, 0.25) is 0 Å². The van der Waals surface area contributed by atoms with Gasteiger partial charge in [-0.05, 0) is 17.7 Å². The van der Waals surface area contributed by atoms with E-state index < -0.39 is 0 Å². The number of fused-ring (bicyclic) bond motifs is 1. The number of anilines is 1. The summed E-state index contributed by atoms with van der Waals surface area (Å²) in [4.78, 5) is 17.0. The third-order valence-electron chi connectivity index (χ3n) is 4.01. The monoisotopic (exact) mass is 306 g/mol. The smallest absolute Gasteiger partial charge is 0.359 e. The maximum atomic E-state index is 12.6. The van der Waals surface area contributed by atoms with Crippen molar-refractivity contribution in [2.24, 2.45) is 0 Å². The third-order valence-corrected chi connectivity index (χ3v) is 4.01. The first-order valence-electron chi connectivity index (χ1n) is 7.58. The van der Waals surface area contributed by atoms with Crippen LogP contribution in [0.1, 0.15) is 21.8 Å². The van der Waals surface area contributed by atoms with E-state index in [0.717, 1.165) is 22.8 Å². The molecular formula is C18H16N3O2+. The van der Waals surface area contributed by atoms with Gasteiger partial charge in [-0.25, -0.2) is 9.78 Å². The zero-order valence-corrected chi connectivity index (χ0v) is 12.5. The normalized spacial score (nSPS) is 16.2. The molecule has 1 unspecified atom stereocenters. The van der Waals surface area contributed by atoms with E-state index in [1.807, 2.05) is 30.3 Å². The second-order valence-corrected chi connectivity index (χ2v) is 5.57. The first kappa shape index (κ1) is 13.7. The zero-order chi connectivity index (χ0) is 15.6. The molecule has 5 heteroatoms. The summed E-state index contributed by atoms with van der Waals surface area (Å²) in [5.74, 6) is 1.59. The molecule has 0 bridgehead atoms. The second kappa shape index (κ2) is 5.68. The third kappa shape index (κ3) is 2.61. The van der Waals surface area contributed by atoms with Crippen LogP contribution in [0, 0.1) is 0 Å². The maximum absolute atomic E-state index is 12.6. The van der Waals surface area contributed by atoms with Crippen molar-refractivity contribution in [2.45, 2.75) is 18.9 Å². The Labute approximate surface area is 133 Å². The van der Waals surface area contributed by atoms with Gasteiger partial charge in [-0.15, -0.1) is 0 Å². The number of hydrogen-bond donors (Lipinski definition) is 1. The molecule has 3 heterocycles. The minimum Gasteiger partial charge on any atom is -0.469 e. The van der Waals surface area contributed by atoms with Crippen LogP contribution < -0.4 is 9.88 Å². The second-order valence-electron chi connectivity index (χ2n) is 5.57. The molecule has 0 saturated heterocycles. The van der Waals surface area contributed by atoms with Gasteiger partial charge in [0, 0.05) is 6.42 Å². The standard InChI is InChI=1S/C18H15N3O2/c22-18-16(12-14-7-4-10-23-14)20-17-15(19-8-9-21(17)18)11-13-5-2-1-3-6-13/h1-10,16H,11-12H2/p+1. The van der Waals surface area contributed by atoms with Crippen LogP contribution in [-0.4, -0.2) is 16.9 Å². The van der Waals surface area contributed by atoms with Crippen molar-refractivity contribution in [1.82, 2.24) is 4.98 Å². The van der Waals surface area contributed by atoms with Crippen LogP contribution in [0.3, 0.4) is 0 Å². The predicted molar refractivity (Wildman–Crippen MR) is 84.1 cm³/mol. The molecule has 2 aromatic heterocycles. The molecule has 5 nitrogen and oxygen atoms in total. The summed E-state index contributed by atoms with van der Waals surface area (Å²) < 4.78 is 7.00. The highest BCUT2D eigenvalue weighted by Crippen LogP contribution is 2.20. The van der Waals surface area contributed by atoms with Crippen LogP contribution in [0.5, 0.6) is 0 Å². The van der Waals surface area contributed by atoms with Gasteiger partial charge in [-0.1, -0.05) is 30.3 Å². The Balaban J connectivity index is 1.61. The molecule has 0 amide bonds. The summed E-state index contributed by atoms with van der Waals surface area (Å²) in [7, 11) is 0. The molecule has 114 valence electrons. The van der Waals surface area contributed by atoms with Gasteiger partial charge in [0.05, 0.1) is 18.9 Å². The van der Waals surface area contributed by atoms with Crippen molar-refractivity contribution in [3.05, 3.63) is 78.1 Å². The molecule has 1 aliphatic rings. The van der Waals surface area contributed by atoms with Gasteiger partial charge in [0.25, 0.3) is 0 Å². The van der Waals surface area contributed by atoms with Crippen molar-refractivity contribution in [3.8, 4) is 0 Å². The van der Waals surface area contributed by atoms with Crippen molar-refractivity contribution in [1.29, 1.82) is 0 Å². The van der Waals surface area contributed by atoms with E-state index in [4.69, 9.17) is 4.42 Å². The fourth-order valence-corrected chi connectivity index (χ4v) is 2.88. The maximum Gasteiger partial charge on any atom is 0.359 e. The van der Waals surface area contributed by atoms with Gasteiger partial charge >= 0.3 is 11.7 Å². The average Bonchev–Trinajstić information content (AvgIpc) is 3.19. The minimum atomic E-state index is -0.320. The summed E-state index contributed by atoms with van der Waals surface area (Å²) in [6.07, 6.45) is 6.22. The van der Waals surface area contributed by atoms with E-state index in [0.29, 0.717) is 12.8 Å². The van der Waals surface area contributed by atoms with Crippen molar-refractivity contribution in [2.75, 3.05) is 5.32 Å². The van der Waals surface area contributed by atoms with E-state index in [1.54, 1.807) is 23.2 Å². The summed E-state index contributed by atoms with van der Waals surface area (Å²) in [5, 5.41) is 3.30. The first-order chi connectivity index (χ1) is 11.3. The Morgan fingerprint density at radius 1 is 1.17 bits per heavy atom. The number of carbonyl (C=O) groups excluding carboxylic acids is 1. The zero-order valence-electron chi connectivity index (χ0n) is 12.5. The molecule has 0 saturated carbocycles. The van der Waals surface area contributed by atoms with Gasteiger partial charge in [0.2, 0.25) is 6.04 Å². The summed E-state index contributed by atoms with van der Waals surface area (Å²) in [5.41, 5.74) is 2.03. The lowest BCUT2D eigenvalue weighted by molar-refractivity contribution is -0.553. The molecule has 1 atom stereocenters. The van der Waals surface area contributed by atoms with Crippen LogP contribution >= 0.6 is 0 Å². The number of furan rings is 1. The Kier molecular flexibility index (Phi) is 3.38. The number of rotatable bonds is 4. The van der Waals surface area contributed by atoms with Gasteiger partial charge in [0.1, 0.15) is 17.7 Å². The molecule has 1 aromatic carbocycles. The fraction of sp³-hybridized carbons (Fsp3) is 0.167. The van der Waals surface area contributed by atoms with Gasteiger partial charge < -0.3 is 4.42 Å². The van der Waals surface area contributed by atoms with Gasteiger partial charge in [-0.2, -0.15) is 4.57 Å². The van der Waals surface area contributed by atoms with Crippen molar-refractivity contribution < 1.29 is 13.8 Å². The Hall–Kier alpha value is -2.95. The molecule has 0 radical (unpaired) electrons. The van der Waals surface area contributed by atoms with E-state index in [2.05, 4.69) is 22.4 Å². The molecular weight excluding hydrogens is 290 g/mol. The number of nitrogens with one attached hydrogen (secondary N) is 1. The van der Waals surface area contributed by atoms with E-state index in [1.165, 1.54) is 0 Å². The van der Waals surface area contributed by atoms with Crippen LogP contribution in [-0.2, 0) is 12.8 Å². The largest absolute Gasteiger partial charge is 0.469 e. The fourth-order valence-electron chi connectivity index (χ4n) is 2.88. The molecule has 0 spiro atoms. The Bertz CT molecular complexity index is 829. The number of aromatic nitrogens is 2. The molecule has 1 N–H and O–H groups in total. The lowest BCUT2D eigenvalue weighted by Gasteiger charge is -2.03. The van der Waals surface area contributed by atoms with Crippen molar-refractivity contribution >= 4 is 11.7 Å². The lowest BCUT2D eigenvalue weighted by atomic mass is 10.1. The topological polar surface area (TPSA) is 59.0 Å². The summed E-state index contributed by atoms with van der Waals surface area (Å²) in [6, 6.07) is 13.5. The van der Waals surface area contributed by atoms with Crippen LogP contribution in [0.15, 0.2) is 65.5 Å². The predicted octanol–water partition coefficient (Wildman–Crippen LogP) is 2.23. The molecule has 23 heavy (non-hydrogen) atoms. The number of nitrogens with zero attached hydrogens (tertiary/aromatic N) is 2. The number of carbonyl (C=O) groups is 1. The van der Waals surface area contributed by atoms with Crippen molar-refractivity contribution in [3.63, 3.8) is 0 Å². The van der Waals surface area contributed by atoms with Crippen LogP contribution in [0.25, 0.3) is 0 Å². The van der Waals surface area contributed by atoms with E-state index >= 15 is 0 Å². The molecule has 0 fully saturated rings. The highest BCUT2D eigenvalue weighted by molar-refractivity contribution is 5.82. The van der Waals surface area contributed by atoms with Gasteiger partial charge in [0.15, 0.2) is 0 Å². The Morgan fingerprint density at radius 2 is 2.04 bits per heavy atom. The molecule has 3 aromatic rings. The SMILES string of the molecule is O=C1C(Cc2ccco2)Nc2c(Cc3ccccc3)ncc[n+]21. The average molecular weight is 306 g/mol. The lowest BCUT2D eigenvalue weighted by Crippen LogP contribution is -2.43. The minimum absolute atomic E-state index is 0.0214. The van der Waals surface area contributed by atoms with Crippen LogP contribution in [0.4, 0.5) is 5.82 Å². The highest BCUT2D eigenvalue weighted by atomic mass is 16.3. The summed E-state index contributed by atoms with van der Waals surface area (Å²) in [6.45, 7) is 0. The van der Waals surface area contributed by atoms with E-state index in [-0.39, 0.29) is 11.9 Å². The number of hydrogen-bond acceptors (Lipinski definition) is 4. The van der Waals surface area contributed by atoms with Gasteiger partial charge in [-0.3, -0.25) is 5.32 Å². The molecule has 1 aliphatic heterocycles. The highest BCUT2D eigenvalue weighted by Gasteiger charge is 2.40.